The van der Waals surface area contributed by atoms with Crippen LogP contribution in [0.15, 0.2) is 60.7 Å². The second kappa shape index (κ2) is 15.7. The van der Waals surface area contributed by atoms with Gasteiger partial charge in [0.1, 0.15) is 6.04 Å². The number of ketones is 1. The number of carbonyl (C=O) groups is 4. The molecule has 232 valence electrons. The lowest BCUT2D eigenvalue weighted by atomic mass is 9.80. The Kier molecular flexibility index (Phi) is 11.7. The van der Waals surface area contributed by atoms with Crippen LogP contribution < -0.4 is 21.3 Å². The Hall–Kier alpha value is -3.72. The third kappa shape index (κ3) is 8.02. The van der Waals surface area contributed by atoms with E-state index in [0.29, 0.717) is 25.9 Å². The SMILES string of the molecule is CCNC(=O)[C@@H](NC(=O)N1CCC[C@H]1C(=O)C(NC(=O)[C@H](C)NC)C1CCCCC1)C(c1ccccc1)c1ccccc1. The highest BCUT2D eigenvalue weighted by atomic mass is 16.2. The number of nitrogens with one attached hydrogen (secondary N) is 4. The summed E-state index contributed by atoms with van der Waals surface area (Å²) in [6.45, 7) is 4.44. The lowest BCUT2D eigenvalue weighted by molar-refractivity contribution is -0.132. The van der Waals surface area contributed by atoms with Gasteiger partial charge in [0, 0.05) is 19.0 Å². The highest BCUT2D eigenvalue weighted by Gasteiger charge is 2.43. The first-order valence-corrected chi connectivity index (χ1v) is 15.8. The zero-order valence-corrected chi connectivity index (χ0v) is 25.7. The van der Waals surface area contributed by atoms with Crippen LogP contribution in [0, 0.1) is 5.92 Å². The van der Waals surface area contributed by atoms with Gasteiger partial charge in [0.15, 0.2) is 5.78 Å². The fraction of sp³-hybridized carbons (Fsp3) is 0.529. The molecule has 1 aliphatic heterocycles. The van der Waals surface area contributed by atoms with Crippen molar-refractivity contribution in [2.24, 2.45) is 5.92 Å². The topological polar surface area (TPSA) is 120 Å². The summed E-state index contributed by atoms with van der Waals surface area (Å²) in [5, 5.41) is 11.9. The Labute approximate surface area is 255 Å². The summed E-state index contributed by atoms with van der Waals surface area (Å²) in [5.41, 5.74) is 1.80. The van der Waals surface area contributed by atoms with Crippen molar-refractivity contribution in [1.29, 1.82) is 0 Å². The van der Waals surface area contributed by atoms with Gasteiger partial charge in [-0.1, -0.05) is 79.9 Å². The Morgan fingerprint density at radius 3 is 1.98 bits per heavy atom. The predicted molar refractivity (Wildman–Crippen MR) is 167 cm³/mol. The van der Waals surface area contributed by atoms with E-state index in [1.807, 2.05) is 67.6 Å². The first-order chi connectivity index (χ1) is 20.8. The number of hydrogen-bond acceptors (Lipinski definition) is 5. The van der Waals surface area contributed by atoms with Crippen LogP contribution in [0.1, 0.15) is 75.8 Å². The van der Waals surface area contributed by atoms with Gasteiger partial charge in [-0.15, -0.1) is 0 Å². The monoisotopic (exact) mass is 589 g/mol. The van der Waals surface area contributed by atoms with Gasteiger partial charge in [-0.3, -0.25) is 14.4 Å². The zero-order valence-electron chi connectivity index (χ0n) is 25.7. The summed E-state index contributed by atoms with van der Waals surface area (Å²) in [4.78, 5) is 56.2. The van der Waals surface area contributed by atoms with Crippen molar-refractivity contribution in [3.8, 4) is 0 Å². The average Bonchev–Trinajstić information content (AvgIpc) is 3.54. The Morgan fingerprint density at radius 2 is 1.42 bits per heavy atom. The van der Waals surface area contributed by atoms with Gasteiger partial charge in [-0.05, 0) is 63.6 Å². The van der Waals surface area contributed by atoms with Gasteiger partial charge in [0.05, 0.1) is 18.1 Å². The summed E-state index contributed by atoms with van der Waals surface area (Å²) < 4.78 is 0. The van der Waals surface area contributed by atoms with E-state index in [1.54, 1.807) is 18.9 Å². The van der Waals surface area contributed by atoms with E-state index >= 15 is 0 Å². The van der Waals surface area contributed by atoms with Crippen LogP contribution in [0.2, 0.25) is 0 Å². The van der Waals surface area contributed by atoms with Crippen LogP contribution in [-0.4, -0.2) is 72.8 Å². The van der Waals surface area contributed by atoms with Gasteiger partial charge in [-0.2, -0.15) is 0 Å². The molecule has 2 aromatic rings. The van der Waals surface area contributed by atoms with Crippen molar-refractivity contribution in [3.63, 3.8) is 0 Å². The minimum Gasteiger partial charge on any atom is -0.355 e. The van der Waals surface area contributed by atoms with Gasteiger partial charge in [-0.25, -0.2) is 4.79 Å². The summed E-state index contributed by atoms with van der Waals surface area (Å²) in [7, 11) is 1.72. The standard InChI is InChI=1S/C34H47N5O4/c1-4-36-33(42)30(28(24-15-8-5-9-16-24)25-17-10-6-11-18-25)38-34(43)39-22-14-21-27(39)31(40)29(26-19-12-7-13-20-26)37-32(41)23(2)35-3/h5-6,8-11,15-18,23,26-30,35H,4,7,12-14,19-22H2,1-3H3,(H,36,42)(H,37,41)(H,38,43)/t23-,27-,29?,30-/m0/s1. The number of nitrogens with zero attached hydrogens (tertiary/aromatic N) is 1. The van der Waals surface area contributed by atoms with Crippen LogP contribution >= 0.6 is 0 Å². The molecule has 43 heavy (non-hydrogen) atoms. The van der Waals surface area contributed by atoms with Crippen molar-refractivity contribution in [2.45, 2.75) is 88.9 Å². The maximum atomic E-state index is 14.2. The quantitative estimate of drug-likeness (QED) is 0.301. The van der Waals surface area contributed by atoms with Gasteiger partial charge in [0.25, 0.3) is 0 Å². The van der Waals surface area contributed by atoms with E-state index in [4.69, 9.17) is 0 Å². The van der Waals surface area contributed by atoms with Crippen LogP contribution in [0.4, 0.5) is 4.79 Å². The summed E-state index contributed by atoms with van der Waals surface area (Å²) in [6.07, 6.45) is 6.12. The second-order valence-corrected chi connectivity index (χ2v) is 11.8. The van der Waals surface area contributed by atoms with E-state index in [-0.39, 0.29) is 23.5 Å². The minimum absolute atomic E-state index is 0.0448. The fourth-order valence-electron chi connectivity index (χ4n) is 6.51. The summed E-state index contributed by atoms with van der Waals surface area (Å²) in [5.74, 6) is -1.02. The molecule has 1 saturated heterocycles. The number of urea groups is 1. The number of hydrogen-bond donors (Lipinski definition) is 4. The Balaban J connectivity index is 1.61. The Morgan fingerprint density at radius 1 is 0.814 bits per heavy atom. The minimum atomic E-state index is -0.904. The average molecular weight is 590 g/mol. The highest BCUT2D eigenvalue weighted by Crippen LogP contribution is 2.31. The molecule has 4 amide bonds. The maximum absolute atomic E-state index is 14.2. The van der Waals surface area contributed by atoms with E-state index in [1.165, 1.54) is 0 Å². The largest absolute Gasteiger partial charge is 0.355 e. The number of Topliss-reactive ketones (excluding diaryl/α,β-unsaturated/α-hetero) is 1. The molecule has 0 aromatic heterocycles. The van der Waals surface area contributed by atoms with Crippen LogP contribution in [0.5, 0.6) is 0 Å². The van der Waals surface area contributed by atoms with Crippen LogP contribution in [-0.2, 0) is 14.4 Å². The van der Waals surface area contributed by atoms with Gasteiger partial charge in [0.2, 0.25) is 11.8 Å². The lowest BCUT2D eigenvalue weighted by Crippen LogP contribution is -2.59. The molecule has 1 unspecified atom stereocenters. The number of likely N-dealkylation sites (N-methyl/N-ethyl adjacent to an activating group) is 2. The predicted octanol–water partition coefficient (Wildman–Crippen LogP) is 3.74. The van der Waals surface area contributed by atoms with Gasteiger partial charge >= 0.3 is 6.03 Å². The number of rotatable bonds is 12. The molecular formula is C34H47N5O4. The molecule has 0 bridgehead atoms. The van der Waals surface area contributed by atoms with Crippen molar-refractivity contribution in [2.75, 3.05) is 20.1 Å². The second-order valence-electron chi connectivity index (χ2n) is 11.8. The van der Waals surface area contributed by atoms with Crippen molar-refractivity contribution in [3.05, 3.63) is 71.8 Å². The first-order valence-electron chi connectivity index (χ1n) is 15.8. The molecule has 0 spiro atoms. The molecule has 4 N–H and O–H groups in total. The number of carbonyl (C=O) groups excluding carboxylic acids is 4. The normalized spacial score (nSPS) is 19.3. The van der Waals surface area contributed by atoms with E-state index < -0.39 is 36.1 Å². The molecular weight excluding hydrogens is 542 g/mol. The number of benzene rings is 2. The lowest BCUT2D eigenvalue weighted by Gasteiger charge is -2.35. The van der Waals surface area contributed by atoms with Crippen LogP contribution in [0.25, 0.3) is 0 Å². The highest BCUT2D eigenvalue weighted by molar-refractivity contribution is 5.97. The van der Waals surface area contributed by atoms with Crippen molar-refractivity contribution >= 4 is 23.6 Å². The molecule has 9 heteroatoms. The Bertz CT molecular complexity index is 1180. The molecule has 4 rings (SSSR count). The number of amides is 4. The zero-order chi connectivity index (χ0) is 30.8. The first kappa shape index (κ1) is 32.2. The summed E-state index contributed by atoms with van der Waals surface area (Å²) in [6, 6.07) is 16.3. The van der Waals surface area contributed by atoms with E-state index in [2.05, 4.69) is 21.3 Å². The van der Waals surface area contributed by atoms with Crippen molar-refractivity contribution in [1.82, 2.24) is 26.2 Å². The summed E-state index contributed by atoms with van der Waals surface area (Å²) >= 11 is 0. The van der Waals surface area contributed by atoms with Gasteiger partial charge < -0.3 is 26.2 Å². The van der Waals surface area contributed by atoms with E-state index in [9.17, 15) is 19.2 Å². The fourth-order valence-corrected chi connectivity index (χ4v) is 6.51. The molecule has 1 aliphatic carbocycles. The third-order valence-corrected chi connectivity index (χ3v) is 8.96. The third-order valence-electron chi connectivity index (χ3n) is 8.96. The molecule has 9 nitrogen and oxygen atoms in total. The number of likely N-dealkylation sites (tertiary alicyclic amines) is 1. The maximum Gasteiger partial charge on any atom is 0.318 e. The molecule has 1 saturated carbocycles. The molecule has 0 radical (unpaired) electrons. The molecule has 1 heterocycles. The molecule has 2 aliphatic rings. The van der Waals surface area contributed by atoms with Crippen molar-refractivity contribution < 1.29 is 19.2 Å². The molecule has 2 aromatic carbocycles. The van der Waals surface area contributed by atoms with E-state index in [0.717, 1.165) is 43.2 Å². The smallest absolute Gasteiger partial charge is 0.318 e. The molecule has 2 fully saturated rings. The molecule has 4 atom stereocenters. The van der Waals surface area contributed by atoms with Crippen LogP contribution in [0.3, 0.4) is 0 Å².